The van der Waals surface area contributed by atoms with E-state index in [4.69, 9.17) is 13.9 Å². The highest BCUT2D eigenvalue weighted by molar-refractivity contribution is 6.74. The summed E-state index contributed by atoms with van der Waals surface area (Å²) in [4.78, 5) is 11.4. The Hall–Kier alpha value is -1.17. The minimum atomic E-state index is -1.99. The summed E-state index contributed by atoms with van der Waals surface area (Å²) in [6, 6.07) is 7.80. The topological polar surface area (TPSA) is 44.8 Å². The molecule has 3 atom stereocenters. The molecule has 0 spiro atoms. The molecule has 4 nitrogen and oxygen atoms in total. The number of carbonyl (C=O) groups excluding carboxylic acids is 1. The van der Waals surface area contributed by atoms with Crippen molar-refractivity contribution < 1.29 is 18.7 Å². The lowest BCUT2D eigenvalue weighted by atomic mass is 10.0. The zero-order valence-electron chi connectivity index (χ0n) is 17.0. The molecular formula is C20H34O4Si. The molecule has 5 heteroatoms. The van der Waals surface area contributed by atoms with E-state index >= 15 is 0 Å². The van der Waals surface area contributed by atoms with Crippen LogP contribution in [0.25, 0.3) is 0 Å². The van der Waals surface area contributed by atoms with Crippen molar-refractivity contribution in [1.82, 2.24) is 0 Å². The summed E-state index contributed by atoms with van der Waals surface area (Å²) in [7, 11) is -0.336. The van der Waals surface area contributed by atoms with Crippen molar-refractivity contribution in [2.45, 2.75) is 71.6 Å². The molecular weight excluding hydrogens is 332 g/mol. The van der Waals surface area contributed by atoms with Crippen LogP contribution in [-0.4, -0.2) is 33.9 Å². The van der Waals surface area contributed by atoms with Crippen molar-refractivity contribution in [1.29, 1.82) is 0 Å². The molecule has 0 saturated carbocycles. The standard InChI is InChI=1S/C20H34O4Si/c1-15(13-21)19(24-25(7,8)20(3,4)5)16(2)23-14-17-9-11-18(22-6)12-10-17/h9-13,15-16,19H,14H2,1-8H3/t15-,16-,19-/m0/s1. The van der Waals surface area contributed by atoms with Crippen LogP contribution in [0.1, 0.15) is 40.2 Å². The highest BCUT2D eigenvalue weighted by Crippen LogP contribution is 2.38. The smallest absolute Gasteiger partial charge is 0.192 e. The maximum Gasteiger partial charge on any atom is 0.192 e. The van der Waals surface area contributed by atoms with Crippen molar-refractivity contribution in [2.75, 3.05) is 7.11 Å². The van der Waals surface area contributed by atoms with Gasteiger partial charge in [-0.15, -0.1) is 0 Å². The molecule has 142 valence electrons. The van der Waals surface area contributed by atoms with Gasteiger partial charge >= 0.3 is 0 Å². The van der Waals surface area contributed by atoms with Crippen LogP contribution in [-0.2, 0) is 20.6 Å². The predicted octanol–water partition coefficient (Wildman–Crippen LogP) is 4.83. The van der Waals surface area contributed by atoms with Crippen LogP contribution in [0.3, 0.4) is 0 Å². The number of benzene rings is 1. The van der Waals surface area contributed by atoms with Gasteiger partial charge in [0.2, 0.25) is 0 Å². The van der Waals surface area contributed by atoms with Crippen LogP contribution in [0.15, 0.2) is 24.3 Å². The van der Waals surface area contributed by atoms with Crippen molar-refractivity contribution in [3.05, 3.63) is 29.8 Å². The Morgan fingerprint density at radius 1 is 1.12 bits per heavy atom. The van der Waals surface area contributed by atoms with Crippen LogP contribution < -0.4 is 4.74 Å². The average molecular weight is 367 g/mol. The summed E-state index contributed by atoms with van der Waals surface area (Å²) >= 11 is 0. The molecule has 0 aliphatic rings. The van der Waals surface area contributed by atoms with Crippen LogP contribution >= 0.6 is 0 Å². The second-order valence-corrected chi connectivity index (χ2v) is 13.0. The van der Waals surface area contributed by atoms with E-state index in [0.29, 0.717) is 6.61 Å². The zero-order valence-corrected chi connectivity index (χ0v) is 18.0. The van der Waals surface area contributed by atoms with Crippen LogP contribution in [0.4, 0.5) is 0 Å². The molecule has 25 heavy (non-hydrogen) atoms. The van der Waals surface area contributed by atoms with E-state index in [1.54, 1.807) is 7.11 Å². The van der Waals surface area contributed by atoms with Crippen LogP contribution in [0.2, 0.25) is 18.1 Å². The maximum atomic E-state index is 11.4. The van der Waals surface area contributed by atoms with Gasteiger partial charge < -0.3 is 18.7 Å². The van der Waals surface area contributed by atoms with Gasteiger partial charge in [0.25, 0.3) is 0 Å². The fourth-order valence-electron chi connectivity index (χ4n) is 2.27. The highest BCUT2D eigenvalue weighted by Gasteiger charge is 2.41. The molecule has 0 unspecified atom stereocenters. The quantitative estimate of drug-likeness (QED) is 0.464. The molecule has 0 amide bonds. The summed E-state index contributed by atoms with van der Waals surface area (Å²) < 4.78 is 17.7. The number of methoxy groups -OCH3 is 1. The summed E-state index contributed by atoms with van der Waals surface area (Å²) in [5, 5.41) is 0.0869. The molecule has 0 radical (unpaired) electrons. The third-order valence-corrected chi connectivity index (χ3v) is 9.58. The molecule has 1 aromatic carbocycles. The average Bonchev–Trinajstić information content (AvgIpc) is 2.56. The zero-order chi connectivity index (χ0) is 19.3. The summed E-state index contributed by atoms with van der Waals surface area (Å²) in [6.45, 7) is 15.4. The van der Waals surface area contributed by atoms with Crippen molar-refractivity contribution in [3.8, 4) is 5.75 Å². The molecule has 1 aromatic rings. The third kappa shape index (κ3) is 6.24. The Bertz CT molecular complexity index is 534. The molecule has 0 aliphatic heterocycles. The second-order valence-electron chi connectivity index (χ2n) is 8.20. The Kier molecular flexibility index (Phi) is 7.84. The van der Waals surface area contributed by atoms with Gasteiger partial charge in [-0.25, -0.2) is 0 Å². The summed E-state index contributed by atoms with van der Waals surface area (Å²) in [5.74, 6) is 0.616. The van der Waals surface area contributed by atoms with E-state index in [9.17, 15) is 4.79 Å². The van der Waals surface area contributed by atoms with Gasteiger partial charge in [-0.2, -0.15) is 0 Å². The van der Waals surface area contributed by atoms with Gasteiger partial charge in [0, 0.05) is 5.92 Å². The van der Waals surface area contributed by atoms with E-state index in [-0.39, 0.29) is 23.2 Å². The Morgan fingerprint density at radius 2 is 1.68 bits per heavy atom. The van der Waals surface area contributed by atoms with Crippen LogP contribution in [0.5, 0.6) is 5.75 Å². The van der Waals surface area contributed by atoms with Crippen molar-refractivity contribution in [3.63, 3.8) is 0 Å². The van der Waals surface area contributed by atoms with Gasteiger partial charge in [-0.05, 0) is 42.8 Å². The normalized spacial score (nSPS) is 16.2. The maximum absolute atomic E-state index is 11.4. The van der Waals surface area contributed by atoms with E-state index in [1.165, 1.54) is 0 Å². The number of hydrogen-bond donors (Lipinski definition) is 0. The van der Waals surface area contributed by atoms with E-state index in [1.807, 2.05) is 38.1 Å². The monoisotopic (exact) mass is 366 g/mol. The van der Waals surface area contributed by atoms with E-state index in [2.05, 4.69) is 33.9 Å². The number of ether oxygens (including phenoxy) is 2. The van der Waals surface area contributed by atoms with Gasteiger partial charge in [0.15, 0.2) is 8.32 Å². The van der Waals surface area contributed by atoms with Crippen LogP contribution in [0, 0.1) is 5.92 Å². The lowest BCUT2D eigenvalue weighted by Crippen LogP contribution is -2.49. The first-order valence-corrected chi connectivity index (χ1v) is 11.8. The minimum absolute atomic E-state index is 0.0869. The lowest BCUT2D eigenvalue weighted by Gasteiger charge is -2.41. The first kappa shape index (κ1) is 21.9. The molecule has 0 aliphatic carbocycles. The first-order chi connectivity index (χ1) is 11.5. The Balaban J connectivity index is 2.79. The summed E-state index contributed by atoms with van der Waals surface area (Å²) in [5.41, 5.74) is 1.07. The molecule has 0 heterocycles. The Labute approximate surface area is 154 Å². The molecule has 1 rings (SSSR count). The molecule has 0 aromatic heterocycles. The summed E-state index contributed by atoms with van der Waals surface area (Å²) in [6.07, 6.45) is 0.554. The fraction of sp³-hybridized carbons (Fsp3) is 0.650. The molecule has 0 saturated heterocycles. The lowest BCUT2D eigenvalue weighted by molar-refractivity contribution is -0.117. The van der Waals surface area contributed by atoms with Gasteiger partial charge in [0.05, 0.1) is 25.9 Å². The number of rotatable bonds is 9. The molecule has 0 fully saturated rings. The Morgan fingerprint density at radius 3 is 2.12 bits per heavy atom. The van der Waals surface area contributed by atoms with Gasteiger partial charge in [0.1, 0.15) is 12.0 Å². The predicted molar refractivity (Wildman–Crippen MR) is 105 cm³/mol. The number of carbonyl (C=O) groups is 1. The van der Waals surface area contributed by atoms with Gasteiger partial charge in [-0.1, -0.05) is 39.8 Å². The number of aldehydes is 1. The molecule has 0 N–H and O–H groups in total. The van der Waals surface area contributed by atoms with Gasteiger partial charge in [-0.3, -0.25) is 0 Å². The molecule has 0 bridgehead atoms. The van der Waals surface area contributed by atoms with E-state index in [0.717, 1.165) is 17.6 Å². The van der Waals surface area contributed by atoms with Crippen molar-refractivity contribution in [2.24, 2.45) is 5.92 Å². The highest BCUT2D eigenvalue weighted by atomic mass is 28.4. The third-order valence-electron chi connectivity index (χ3n) is 5.10. The first-order valence-electron chi connectivity index (χ1n) is 8.89. The minimum Gasteiger partial charge on any atom is -0.497 e. The largest absolute Gasteiger partial charge is 0.497 e. The van der Waals surface area contributed by atoms with E-state index < -0.39 is 8.32 Å². The van der Waals surface area contributed by atoms with Crippen molar-refractivity contribution >= 4 is 14.6 Å². The number of hydrogen-bond acceptors (Lipinski definition) is 4. The second kappa shape index (κ2) is 8.97. The fourth-order valence-corrected chi connectivity index (χ4v) is 3.71. The SMILES string of the molecule is COc1ccc(CO[C@@H](C)[C@@H](O[Si](C)(C)C(C)(C)C)[C@@H](C)C=O)cc1.